The zero-order valence-corrected chi connectivity index (χ0v) is 15.9. The first-order valence-electron chi connectivity index (χ1n) is 7.85. The van der Waals surface area contributed by atoms with Crippen molar-refractivity contribution in [3.05, 3.63) is 45.4 Å². The number of amides is 1. The van der Waals surface area contributed by atoms with Crippen molar-refractivity contribution in [2.24, 2.45) is 5.92 Å². The molecule has 4 nitrogen and oxygen atoms in total. The molecular weight excluding hydrogens is 365 g/mol. The molecule has 0 atom stereocenters. The van der Waals surface area contributed by atoms with Crippen LogP contribution in [-0.2, 0) is 11.2 Å². The van der Waals surface area contributed by atoms with Gasteiger partial charge < -0.3 is 10.6 Å². The third-order valence-corrected chi connectivity index (χ3v) is 5.58. The predicted octanol–water partition coefficient (Wildman–Crippen LogP) is 4.06. The molecule has 0 unspecified atom stereocenters. The minimum absolute atomic E-state index is 0. The lowest BCUT2D eigenvalue weighted by molar-refractivity contribution is -0.120. The normalized spacial score (nSPS) is 14.9. The molecule has 0 radical (unpaired) electrons. The number of anilines is 1. The van der Waals surface area contributed by atoms with Gasteiger partial charge in [-0.25, -0.2) is 4.98 Å². The molecular formula is C17H21Cl2N3OS. The minimum Gasteiger partial charge on any atom is -0.317 e. The first-order chi connectivity index (χ1) is 11.1. The maximum absolute atomic E-state index is 12.3. The van der Waals surface area contributed by atoms with Crippen molar-refractivity contribution >= 4 is 46.4 Å². The topological polar surface area (TPSA) is 54.0 Å². The molecule has 1 amide bonds. The third-order valence-electron chi connectivity index (χ3n) is 4.14. The Morgan fingerprint density at radius 2 is 2.08 bits per heavy atom. The number of thiazole rings is 1. The standard InChI is InChI=1S/C17H20ClN3OS.ClH/c1-11-15(10-13-4-2-3-5-14(13)18)23-17(20-11)21-16(22)12-6-8-19-9-7-12;/h2-5,12,19H,6-10H2,1H3,(H,20,21,22);1H. The Morgan fingerprint density at radius 1 is 1.38 bits per heavy atom. The number of rotatable bonds is 4. The molecule has 2 N–H and O–H groups in total. The van der Waals surface area contributed by atoms with Gasteiger partial charge in [-0.05, 0) is 44.5 Å². The van der Waals surface area contributed by atoms with Crippen molar-refractivity contribution in [3.8, 4) is 0 Å². The van der Waals surface area contributed by atoms with Crippen LogP contribution in [0.15, 0.2) is 24.3 Å². The van der Waals surface area contributed by atoms with Gasteiger partial charge in [0.1, 0.15) is 0 Å². The van der Waals surface area contributed by atoms with Gasteiger partial charge in [0, 0.05) is 22.2 Å². The van der Waals surface area contributed by atoms with Crippen molar-refractivity contribution in [1.82, 2.24) is 10.3 Å². The maximum atomic E-state index is 12.3. The molecule has 1 aromatic carbocycles. The number of aromatic nitrogens is 1. The number of aryl methyl sites for hydroxylation is 1. The minimum atomic E-state index is 0. The summed E-state index contributed by atoms with van der Waals surface area (Å²) in [6.45, 7) is 3.79. The highest BCUT2D eigenvalue weighted by molar-refractivity contribution is 7.15. The molecule has 1 saturated heterocycles. The van der Waals surface area contributed by atoms with E-state index < -0.39 is 0 Å². The van der Waals surface area contributed by atoms with E-state index in [1.807, 2.05) is 31.2 Å². The van der Waals surface area contributed by atoms with Crippen molar-refractivity contribution in [2.45, 2.75) is 26.2 Å². The molecule has 1 aliphatic heterocycles. The second-order valence-electron chi connectivity index (χ2n) is 5.81. The zero-order valence-electron chi connectivity index (χ0n) is 13.5. The van der Waals surface area contributed by atoms with Crippen molar-refractivity contribution in [3.63, 3.8) is 0 Å². The van der Waals surface area contributed by atoms with Gasteiger partial charge in [-0.1, -0.05) is 29.8 Å². The van der Waals surface area contributed by atoms with Gasteiger partial charge in [0.15, 0.2) is 5.13 Å². The molecule has 0 spiro atoms. The summed E-state index contributed by atoms with van der Waals surface area (Å²) in [6, 6.07) is 7.83. The summed E-state index contributed by atoms with van der Waals surface area (Å²) in [7, 11) is 0. The van der Waals surface area contributed by atoms with Crippen LogP contribution < -0.4 is 10.6 Å². The van der Waals surface area contributed by atoms with Crippen LogP contribution in [-0.4, -0.2) is 24.0 Å². The summed E-state index contributed by atoms with van der Waals surface area (Å²) in [5.74, 6) is 0.178. The van der Waals surface area contributed by atoms with E-state index in [2.05, 4.69) is 15.6 Å². The highest BCUT2D eigenvalue weighted by Gasteiger charge is 2.22. The van der Waals surface area contributed by atoms with Crippen molar-refractivity contribution < 1.29 is 4.79 Å². The van der Waals surface area contributed by atoms with Gasteiger partial charge >= 0.3 is 0 Å². The van der Waals surface area contributed by atoms with E-state index in [9.17, 15) is 4.79 Å². The number of hydrogen-bond acceptors (Lipinski definition) is 4. The molecule has 130 valence electrons. The molecule has 24 heavy (non-hydrogen) atoms. The Balaban J connectivity index is 0.00000208. The summed E-state index contributed by atoms with van der Waals surface area (Å²) in [5.41, 5.74) is 2.03. The average molecular weight is 386 g/mol. The molecule has 2 aromatic rings. The molecule has 0 saturated carbocycles. The Morgan fingerprint density at radius 3 is 2.79 bits per heavy atom. The average Bonchev–Trinajstić information content (AvgIpc) is 2.90. The molecule has 7 heteroatoms. The summed E-state index contributed by atoms with van der Waals surface area (Å²) >= 11 is 7.77. The van der Waals surface area contributed by atoms with Crippen LogP contribution in [0.3, 0.4) is 0 Å². The van der Waals surface area contributed by atoms with Crippen LogP contribution in [0.4, 0.5) is 5.13 Å². The van der Waals surface area contributed by atoms with Crippen LogP contribution in [0, 0.1) is 12.8 Å². The second-order valence-corrected chi connectivity index (χ2v) is 7.30. The van der Waals surface area contributed by atoms with E-state index in [0.717, 1.165) is 53.5 Å². The van der Waals surface area contributed by atoms with Crippen molar-refractivity contribution in [1.29, 1.82) is 0 Å². The largest absolute Gasteiger partial charge is 0.317 e. The highest BCUT2D eigenvalue weighted by Crippen LogP contribution is 2.28. The van der Waals surface area contributed by atoms with E-state index >= 15 is 0 Å². The second kappa shape index (κ2) is 8.81. The number of carbonyl (C=O) groups is 1. The molecule has 1 aromatic heterocycles. The first kappa shape index (κ1) is 19.2. The quantitative estimate of drug-likeness (QED) is 0.834. The Bertz CT molecular complexity index is 699. The number of carbonyl (C=O) groups excluding carboxylic acids is 1. The lowest BCUT2D eigenvalue weighted by Gasteiger charge is -2.21. The molecule has 0 bridgehead atoms. The van der Waals surface area contributed by atoms with Gasteiger partial charge in [-0.15, -0.1) is 23.7 Å². The third kappa shape index (κ3) is 4.70. The number of hydrogen-bond donors (Lipinski definition) is 2. The van der Waals surface area contributed by atoms with Crippen LogP contribution in [0.1, 0.15) is 29.0 Å². The molecule has 2 heterocycles. The molecule has 0 aliphatic carbocycles. The lowest BCUT2D eigenvalue weighted by atomic mass is 9.97. The van der Waals surface area contributed by atoms with E-state index in [1.54, 1.807) is 0 Å². The van der Waals surface area contributed by atoms with E-state index in [1.165, 1.54) is 11.3 Å². The highest BCUT2D eigenvalue weighted by atomic mass is 35.5. The fraction of sp³-hybridized carbons (Fsp3) is 0.412. The summed E-state index contributed by atoms with van der Waals surface area (Å²) in [5, 5.41) is 7.71. The van der Waals surface area contributed by atoms with E-state index in [0.29, 0.717) is 5.13 Å². The van der Waals surface area contributed by atoms with Gasteiger partial charge in [-0.3, -0.25) is 4.79 Å². The summed E-state index contributed by atoms with van der Waals surface area (Å²) in [4.78, 5) is 17.9. The molecule has 1 fully saturated rings. The maximum Gasteiger partial charge on any atom is 0.229 e. The Hall–Kier alpha value is -1.14. The number of benzene rings is 1. The molecule has 1 aliphatic rings. The smallest absolute Gasteiger partial charge is 0.229 e. The lowest BCUT2D eigenvalue weighted by Crippen LogP contribution is -2.34. The van der Waals surface area contributed by atoms with Gasteiger partial charge in [0.2, 0.25) is 5.91 Å². The number of nitrogens with zero attached hydrogens (tertiary/aromatic N) is 1. The number of nitrogens with one attached hydrogen (secondary N) is 2. The predicted molar refractivity (Wildman–Crippen MR) is 103 cm³/mol. The fourth-order valence-corrected chi connectivity index (χ4v) is 3.94. The Kier molecular flexibility index (Phi) is 7.04. The van der Waals surface area contributed by atoms with Crippen LogP contribution >= 0.6 is 35.3 Å². The van der Waals surface area contributed by atoms with Gasteiger partial charge in [0.25, 0.3) is 0 Å². The first-order valence-corrected chi connectivity index (χ1v) is 9.04. The van der Waals surface area contributed by atoms with Crippen LogP contribution in [0.25, 0.3) is 0 Å². The monoisotopic (exact) mass is 385 g/mol. The molecule has 3 rings (SSSR count). The van der Waals surface area contributed by atoms with E-state index in [-0.39, 0.29) is 24.2 Å². The summed E-state index contributed by atoms with van der Waals surface area (Å²) < 4.78 is 0. The Labute approximate surface area is 157 Å². The number of halogens is 2. The van der Waals surface area contributed by atoms with E-state index in [4.69, 9.17) is 11.6 Å². The number of piperidine rings is 1. The fourth-order valence-electron chi connectivity index (χ4n) is 2.75. The van der Waals surface area contributed by atoms with Gasteiger partial charge in [0.05, 0.1) is 5.69 Å². The van der Waals surface area contributed by atoms with Crippen LogP contribution in [0.5, 0.6) is 0 Å². The van der Waals surface area contributed by atoms with Gasteiger partial charge in [-0.2, -0.15) is 0 Å². The van der Waals surface area contributed by atoms with Crippen LogP contribution in [0.2, 0.25) is 5.02 Å². The summed E-state index contributed by atoms with van der Waals surface area (Å²) in [6.07, 6.45) is 2.53. The van der Waals surface area contributed by atoms with Crippen molar-refractivity contribution in [2.75, 3.05) is 18.4 Å². The SMILES string of the molecule is Cc1nc(NC(=O)C2CCNCC2)sc1Cc1ccccc1Cl.Cl. The zero-order chi connectivity index (χ0) is 16.2.